The molecule has 0 fully saturated rings. The van der Waals surface area contributed by atoms with E-state index in [-0.39, 0.29) is 12.0 Å². The van der Waals surface area contributed by atoms with Crippen LogP contribution in [0.25, 0.3) is 55.8 Å². The second kappa shape index (κ2) is 13.9. The first-order valence-corrected chi connectivity index (χ1v) is 19.3. The second-order valence-corrected chi connectivity index (χ2v) is 14.6. The zero-order valence-electron chi connectivity index (χ0n) is 30.2. The third-order valence-corrected chi connectivity index (χ3v) is 11.5. The van der Waals surface area contributed by atoms with E-state index in [0.29, 0.717) is 5.92 Å². The maximum Gasteiger partial charge on any atom is 0.143 e. The zero-order chi connectivity index (χ0) is 35.8. The molecule has 10 rings (SSSR count). The number of furan rings is 1. The Balaban J connectivity index is 1.13. The van der Waals surface area contributed by atoms with Crippen LogP contribution < -0.4 is 10.6 Å². The molecule has 3 atom stereocenters. The van der Waals surface area contributed by atoms with Crippen molar-refractivity contribution in [2.45, 2.75) is 37.1 Å². The molecule has 0 radical (unpaired) electrons. The summed E-state index contributed by atoms with van der Waals surface area (Å²) in [6.07, 6.45) is 21.6. The largest absolute Gasteiger partial charge is 0.456 e. The molecule has 0 aliphatic heterocycles. The molecular formula is C52H41NO. The van der Waals surface area contributed by atoms with E-state index in [4.69, 9.17) is 4.42 Å². The van der Waals surface area contributed by atoms with Gasteiger partial charge in [0.05, 0.1) is 6.04 Å². The van der Waals surface area contributed by atoms with E-state index in [2.05, 4.69) is 199 Å². The van der Waals surface area contributed by atoms with Crippen LogP contribution in [0, 0.1) is 0 Å². The Kier molecular flexibility index (Phi) is 8.30. The van der Waals surface area contributed by atoms with Gasteiger partial charge in [0.2, 0.25) is 0 Å². The van der Waals surface area contributed by atoms with E-state index in [9.17, 15) is 0 Å². The minimum absolute atomic E-state index is 0.0926. The summed E-state index contributed by atoms with van der Waals surface area (Å²) < 4.78 is 6.91. The summed E-state index contributed by atoms with van der Waals surface area (Å²) in [5.41, 5.74) is 12.1. The number of fused-ring (bicyclic) bond motifs is 5. The lowest BCUT2D eigenvalue weighted by atomic mass is 9.84. The van der Waals surface area contributed by atoms with Crippen LogP contribution in [0.15, 0.2) is 198 Å². The molecule has 1 heterocycles. The minimum atomic E-state index is 0.0926. The molecular weight excluding hydrogens is 655 g/mol. The van der Waals surface area contributed by atoms with Crippen LogP contribution in [0.4, 0.5) is 0 Å². The molecule has 0 bridgehead atoms. The van der Waals surface area contributed by atoms with Gasteiger partial charge in [-0.15, -0.1) is 0 Å². The third kappa shape index (κ3) is 5.76. The van der Waals surface area contributed by atoms with E-state index in [0.717, 1.165) is 35.6 Å². The first kappa shape index (κ1) is 32.3. The molecule has 3 aliphatic carbocycles. The normalized spacial score (nSPS) is 19.1. The topological polar surface area (TPSA) is 16.4 Å². The van der Waals surface area contributed by atoms with Gasteiger partial charge in [0.1, 0.15) is 11.0 Å². The van der Waals surface area contributed by atoms with E-state index in [1.54, 1.807) is 0 Å². The summed E-state index contributed by atoms with van der Waals surface area (Å²) in [4.78, 5) is 2.65. The van der Waals surface area contributed by atoms with Crippen LogP contribution in [0.3, 0.4) is 0 Å². The summed E-state index contributed by atoms with van der Waals surface area (Å²) in [6, 6.07) is 52.7. The Morgan fingerprint density at radius 3 is 1.96 bits per heavy atom. The predicted octanol–water partition coefficient (Wildman–Crippen LogP) is 11.8. The highest BCUT2D eigenvalue weighted by Crippen LogP contribution is 2.40. The lowest BCUT2D eigenvalue weighted by molar-refractivity contribution is 0.376. The van der Waals surface area contributed by atoms with Gasteiger partial charge in [0.25, 0.3) is 0 Å². The Morgan fingerprint density at radius 2 is 1.22 bits per heavy atom. The van der Waals surface area contributed by atoms with Crippen molar-refractivity contribution in [2.24, 2.45) is 0 Å². The number of allylic oxidation sites excluding steroid dienone is 5. The fraction of sp³-hybridized carbons (Fsp3) is 0.115. The van der Waals surface area contributed by atoms with Crippen molar-refractivity contribution < 1.29 is 4.42 Å². The minimum Gasteiger partial charge on any atom is -0.456 e. The highest BCUT2D eigenvalue weighted by molar-refractivity contribution is 6.12. The standard InChI is InChI=1S/C52H41NO/c1-4-15-36(16-5-1)37-27-29-38(30-28-37)39-31-33-42(34-32-39)53(48-24-13-12-21-43(48)40-17-6-2-7-18-40)49-25-14-26-50-51(49)47-35-46(41-19-8-3-9-20-41)44-22-10-11-23-45(44)52(47)54-50/h1-13,15-24,26-31,33-35,39,43,48H,14,25,32H2. The first-order valence-electron chi connectivity index (χ1n) is 19.3. The lowest BCUT2D eigenvalue weighted by Gasteiger charge is -2.41. The Hall–Kier alpha value is -6.38. The van der Waals surface area contributed by atoms with Gasteiger partial charge < -0.3 is 9.32 Å². The first-order chi connectivity index (χ1) is 26.8. The highest BCUT2D eigenvalue weighted by Gasteiger charge is 2.32. The zero-order valence-corrected chi connectivity index (χ0v) is 30.2. The molecule has 0 amide bonds. The smallest absolute Gasteiger partial charge is 0.143 e. The highest BCUT2D eigenvalue weighted by atomic mass is 16.3. The van der Waals surface area contributed by atoms with Crippen LogP contribution in [0.5, 0.6) is 0 Å². The maximum absolute atomic E-state index is 6.91. The quantitative estimate of drug-likeness (QED) is 0.165. The SMILES string of the molecule is C1=CC(c2ccccc2)C(N(C2=CCC(c3ccc(-c4ccccc4)cc3)C=C2)C2=c3c(oc4c3cc(-c3ccccc3)c3ccccc34)=CCC2)C=C1. The van der Waals surface area contributed by atoms with Gasteiger partial charge >= 0.3 is 0 Å². The number of hydrogen-bond acceptors (Lipinski definition) is 2. The molecule has 2 nitrogen and oxygen atoms in total. The van der Waals surface area contributed by atoms with Crippen molar-refractivity contribution >= 4 is 33.5 Å². The molecule has 3 aliphatic rings. The molecule has 0 N–H and O–H groups in total. The summed E-state index contributed by atoms with van der Waals surface area (Å²) in [7, 11) is 0. The summed E-state index contributed by atoms with van der Waals surface area (Å²) in [5.74, 6) is 0.511. The summed E-state index contributed by atoms with van der Waals surface area (Å²) in [5, 5.41) is 4.78. The van der Waals surface area contributed by atoms with Crippen LogP contribution in [-0.2, 0) is 0 Å². The van der Waals surface area contributed by atoms with Crippen LogP contribution in [0.2, 0.25) is 0 Å². The van der Waals surface area contributed by atoms with Gasteiger partial charge in [0.15, 0.2) is 0 Å². The van der Waals surface area contributed by atoms with Crippen molar-refractivity contribution in [3.8, 4) is 22.3 Å². The number of rotatable bonds is 7. The van der Waals surface area contributed by atoms with E-state index >= 15 is 0 Å². The molecule has 0 saturated heterocycles. The van der Waals surface area contributed by atoms with Crippen molar-refractivity contribution in [3.05, 3.63) is 216 Å². The van der Waals surface area contributed by atoms with E-state index in [1.165, 1.54) is 60.8 Å². The number of benzene rings is 6. The van der Waals surface area contributed by atoms with Crippen molar-refractivity contribution in [1.82, 2.24) is 4.90 Å². The van der Waals surface area contributed by atoms with Crippen molar-refractivity contribution in [2.75, 3.05) is 0 Å². The second-order valence-electron chi connectivity index (χ2n) is 14.6. The van der Waals surface area contributed by atoms with Crippen molar-refractivity contribution in [1.29, 1.82) is 0 Å². The Labute approximate surface area is 316 Å². The third-order valence-electron chi connectivity index (χ3n) is 11.5. The number of nitrogens with zero attached hydrogens (tertiary/aromatic N) is 1. The fourth-order valence-electron chi connectivity index (χ4n) is 8.86. The predicted molar refractivity (Wildman–Crippen MR) is 225 cm³/mol. The summed E-state index contributed by atoms with van der Waals surface area (Å²) in [6.45, 7) is 0. The van der Waals surface area contributed by atoms with Gasteiger partial charge in [-0.05, 0) is 76.2 Å². The van der Waals surface area contributed by atoms with Gasteiger partial charge in [-0.1, -0.05) is 176 Å². The summed E-state index contributed by atoms with van der Waals surface area (Å²) >= 11 is 0. The van der Waals surface area contributed by atoms with E-state index < -0.39 is 0 Å². The molecule has 2 heteroatoms. The van der Waals surface area contributed by atoms with Gasteiger partial charge in [-0.25, -0.2) is 0 Å². The van der Waals surface area contributed by atoms with Crippen LogP contribution in [-0.4, -0.2) is 10.9 Å². The molecule has 1 aromatic heterocycles. The Bertz CT molecular complexity index is 2730. The fourth-order valence-corrected chi connectivity index (χ4v) is 8.86. The number of hydrogen-bond donors (Lipinski definition) is 0. The van der Waals surface area contributed by atoms with E-state index in [1.807, 2.05) is 0 Å². The molecule has 6 aromatic carbocycles. The molecule has 3 unspecified atom stereocenters. The molecule has 260 valence electrons. The monoisotopic (exact) mass is 695 g/mol. The Morgan fingerprint density at radius 1 is 0.556 bits per heavy atom. The van der Waals surface area contributed by atoms with Gasteiger partial charge in [-0.2, -0.15) is 0 Å². The van der Waals surface area contributed by atoms with Crippen molar-refractivity contribution in [3.63, 3.8) is 0 Å². The maximum atomic E-state index is 6.91. The van der Waals surface area contributed by atoms with Gasteiger partial charge in [-0.3, -0.25) is 0 Å². The molecule has 0 saturated carbocycles. The molecule has 54 heavy (non-hydrogen) atoms. The van der Waals surface area contributed by atoms with Gasteiger partial charge in [0, 0.05) is 39.2 Å². The molecule has 0 spiro atoms. The van der Waals surface area contributed by atoms with Crippen LogP contribution >= 0.6 is 0 Å². The molecule has 7 aromatic rings. The van der Waals surface area contributed by atoms with Crippen LogP contribution in [0.1, 0.15) is 42.2 Å². The average Bonchev–Trinajstić information content (AvgIpc) is 3.65. The average molecular weight is 696 g/mol. The lowest BCUT2D eigenvalue weighted by Crippen LogP contribution is -2.42.